The van der Waals surface area contributed by atoms with Crippen molar-refractivity contribution in [2.24, 2.45) is 0 Å². The molecule has 2 unspecified atom stereocenters. The predicted octanol–water partition coefficient (Wildman–Crippen LogP) is 0.535. The van der Waals surface area contributed by atoms with Crippen LogP contribution in [0.2, 0.25) is 0 Å². The van der Waals surface area contributed by atoms with Crippen molar-refractivity contribution in [2.75, 3.05) is 0 Å². The zero-order valence-electron chi connectivity index (χ0n) is 7.03. The molecule has 2 heteroatoms. The molecule has 2 N–H and O–H groups in total. The Hall–Kier alpha value is -0.960. The summed E-state index contributed by atoms with van der Waals surface area (Å²) < 4.78 is 0. The highest BCUT2D eigenvalue weighted by Gasteiger charge is 2.01. The monoisotopic (exact) mass is 166 g/mol. The van der Waals surface area contributed by atoms with Gasteiger partial charge in [0.05, 0.1) is 0 Å². The van der Waals surface area contributed by atoms with Crippen LogP contribution in [0, 0.1) is 24.7 Å². The van der Waals surface area contributed by atoms with Gasteiger partial charge in [-0.3, -0.25) is 0 Å². The average Bonchev–Trinajstić information content (AvgIpc) is 2.11. The highest BCUT2D eigenvalue weighted by molar-refractivity contribution is 4.94. The molecule has 0 saturated carbocycles. The summed E-state index contributed by atoms with van der Waals surface area (Å²) in [5, 5.41) is 17.9. The molecule has 0 radical (unpaired) electrons. The third-order valence-corrected chi connectivity index (χ3v) is 1.59. The van der Waals surface area contributed by atoms with Gasteiger partial charge in [0.2, 0.25) is 0 Å². The van der Waals surface area contributed by atoms with Gasteiger partial charge in [0, 0.05) is 0 Å². The van der Waals surface area contributed by atoms with Crippen LogP contribution >= 0.6 is 0 Å². The van der Waals surface area contributed by atoms with E-state index in [2.05, 4.69) is 11.8 Å². The van der Waals surface area contributed by atoms with Crippen molar-refractivity contribution in [1.82, 2.24) is 0 Å². The highest BCUT2D eigenvalue weighted by atomic mass is 16.3. The molecule has 12 heavy (non-hydrogen) atoms. The van der Waals surface area contributed by atoms with Crippen molar-refractivity contribution >= 4 is 0 Å². The topological polar surface area (TPSA) is 40.5 Å². The fourth-order valence-corrected chi connectivity index (χ4v) is 0.842. The minimum absolute atomic E-state index is 0.577. The lowest BCUT2D eigenvalue weighted by molar-refractivity contribution is 0.200. The highest BCUT2D eigenvalue weighted by Crippen LogP contribution is 2.05. The van der Waals surface area contributed by atoms with Gasteiger partial charge < -0.3 is 10.2 Å². The lowest BCUT2D eigenvalue weighted by Crippen LogP contribution is -2.04. The van der Waals surface area contributed by atoms with E-state index in [0.717, 1.165) is 12.8 Å². The maximum Gasteiger partial charge on any atom is 0.114 e. The number of unbranched alkanes of at least 4 members (excludes halogenated alkanes) is 1. The molecule has 0 aliphatic carbocycles. The Balaban J connectivity index is 3.24. The predicted molar refractivity (Wildman–Crippen MR) is 48.1 cm³/mol. The Kier molecular flexibility index (Phi) is 6.19. The molecule has 0 fully saturated rings. The molecule has 0 aromatic heterocycles. The van der Waals surface area contributed by atoms with Crippen LogP contribution in [0.1, 0.15) is 25.7 Å². The van der Waals surface area contributed by atoms with Gasteiger partial charge in [-0.1, -0.05) is 11.8 Å². The largest absolute Gasteiger partial charge is 0.380 e. The van der Waals surface area contributed by atoms with Gasteiger partial charge in [0.15, 0.2) is 0 Å². The van der Waals surface area contributed by atoms with Gasteiger partial charge in [-0.2, -0.15) is 0 Å². The van der Waals surface area contributed by atoms with Crippen LogP contribution in [0.25, 0.3) is 0 Å². The average molecular weight is 166 g/mol. The van der Waals surface area contributed by atoms with Crippen molar-refractivity contribution in [1.29, 1.82) is 0 Å². The van der Waals surface area contributed by atoms with Gasteiger partial charge in [-0.15, -0.1) is 12.8 Å². The van der Waals surface area contributed by atoms with Crippen LogP contribution in [0.3, 0.4) is 0 Å². The lowest BCUT2D eigenvalue weighted by atomic mass is 10.1. The summed E-state index contributed by atoms with van der Waals surface area (Å²) in [5.74, 6) is 4.44. The Labute approximate surface area is 73.6 Å². The zero-order chi connectivity index (χ0) is 9.40. The van der Waals surface area contributed by atoms with Crippen molar-refractivity contribution in [3.63, 3.8) is 0 Å². The Morgan fingerprint density at radius 1 is 0.917 bits per heavy atom. The van der Waals surface area contributed by atoms with E-state index in [1.54, 1.807) is 0 Å². The fraction of sp³-hybridized carbons (Fsp3) is 0.600. The number of terminal acetylenes is 2. The number of rotatable bonds is 5. The number of aliphatic hydroxyl groups is 2. The number of hydrogen-bond donors (Lipinski definition) is 2. The van der Waals surface area contributed by atoms with E-state index < -0.39 is 12.2 Å². The molecule has 0 aliphatic rings. The maximum atomic E-state index is 8.94. The molecule has 0 rings (SSSR count). The molecule has 66 valence electrons. The molecule has 2 nitrogen and oxygen atoms in total. The zero-order valence-corrected chi connectivity index (χ0v) is 7.03. The van der Waals surface area contributed by atoms with E-state index in [1.165, 1.54) is 0 Å². The third kappa shape index (κ3) is 5.80. The van der Waals surface area contributed by atoms with Crippen LogP contribution in [0.5, 0.6) is 0 Å². The van der Waals surface area contributed by atoms with E-state index in [-0.39, 0.29) is 0 Å². The molecule has 2 atom stereocenters. The summed E-state index contributed by atoms with van der Waals surface area (Å²) >= 11 is 0. The first-order valence-corrected chi connectivity index (χ1v) is 3.99. The maximum absolute atomic E-state index is 8.94. The smallest absolute Gasteiger partial charge is 0.114 e. The summed E-state index contributed by atoms with van der Waals surface area (Å²) in [6.45, 7) is 0. The first kappa shape index (κ1) is 11.0. The number of aliphatic hydroxyl groups excluding tert-OH is 2. The van der Waals surface area contributed by atoms with Gasteiger partial charge in [-0.25, -0.2) is 0 Å². The molecule has 0 amide bonds. The van der Waals surface area contributed by atoms with Crippen LogP contribution in [0.4, 0.5) is 0 Å². The van der Waals surface area contributed by atoms with Crippen molar-refractivity contribution in [2.45, 2.75) is 37.9 Å². The van der Waals surface area contributed by atoms with E-state index in [4.69, 9.17) is 23.1 Å². The summed E-state index contributed by atoms with van der Waals surface area (Å²) in [6, 6.07) is 0. The second-order valence-electron chi connectivity index (χ2n) is 2.65. The molecule has 0 aromatic rings. The van der Waals surface area contributed by atoms with Crippen molar-refractivity contribution in [3.05, 3.63) is 0 Å². The molecule has 0 heterocycles. The van der Waals surface area contributed by atoms with Gasteiger partial charge >= 0.3 is 0 Å². The second-order valence-corrected chi connectivity index (χ2v) is 2.65. The Morgan fingerprint density at radius 2 is 1.25 bits per heavy atom. The summed E-state index contributed by atoms with van der Waals surface area (Å²) in [7, 11) is 0. The molecule has 0 saturated heterocycles. The van der Waals surface area contributed by atoms with Crippen LogP contribution in [-0.4, -0.2) is 22.4 Å². The third-order valence-electron chi connectivity index (χ3n) is 1.59. The molecule has 0 aliphatic heterocycles. The molecule has 0 spiro atoms. The molecular formula is C10H14O2. The second kappa shape index (κ2) is 6.73. The number of hydrogen-bond acceptors (Lipinski definition) is 2. The normalized spacial score (nSPS) is 14.3. The standard InChI is InChI=1S/C10H14O2/c1-3-9(11)7-5-6-8-10(12)4-2/h1-2,9-12H,5-8H2. The van der Waals surface area contributed by atoms with E-state index in [0.29, 0.717) is 12.8 Å². The van der Waals surface area contributed by atoms with Gasteiger partial charge in [0.1, 0.15) is 12.2 Å². The van der Waals surface area contributed by atoms with Crippen LogP contribution in [0.15, 0.2) is 0 Å². The molecule has 0 aromatic carbocycles. The first-order valence-electron chi connectivity index (χ1n) is 3.99. The minimum atomic E-state index is -0.659. The van der Waals surface area contributed by atoms with Gasteiger partial charge in [-0.05, 0) is 25.7 Å². The minimum Gasteiger partial charge on any atom is -0.380 e. The van der Waals surface area contributed by atoms with E-state index in [9.17, 15) is 0 Å². The molecular weight excluding hydrogens is 152 g/mol. The van der Waals surface area contributed by atoms with E-state index >= 15 is 0 Å². The van der Waals surface area contributed by atoms with Crippen molar-refractivity contribution < 1.29 is 10.2 Å². The van der Waals surface area contributed by atoms with Gasteiger partial charge in [0.25, 0.3) is 0 Å². The summed E-state index contributed by atoms with van der Waals surface area (Å²) in [6.07, 6.45) is 11.3. The Morgan fingerprint density at radius 3 is 1.50 bits per heavy atom. The quantitative estimate of drug-likeness (QED) is 0.462. The lowest BCUT2D eigenvalue weighted by Gasteiger charge is -2.04. The van der Waals surface area contributed by atoms with Crippen molar-refractivity contribution in [3.8, 4) is 24.7 Å². The molecule has 0 bridgehead atoms. The summed E-state index contributed by atoms with van der Waals surface area (Å²) in [4.78, 5) is 0. The van der Waals surface area contributed by atoms with E-state index in [1.807, 2.05) is 0 Å². The Bertz CT molecular complexity index is 163. The van der Waals surface area contributed by atoms with Crippen LogP contribution < -0.4 is 0 Å². The van der Waals surface area contributed by atoms with Crippen LogP contribution in [-0.2, 0) is 0 Å². The fourth-order valence-electron chi connectivity index (χ4n) is 0.842. The first-order chi connectivity index (χ1) is 5.70. The summed E-state index contributed by atoms with van der Waals surface area (Å²) in [5.41, 5.74) is 0. The SMILES string of the molecule is C#CC(O)CCCCC(O)C#C.